The number of ether oxygens (including phenoxy) is 20. The molecule has 0 spiro atoms. The Morgan fingerprint density at radius 3 is 1.46 bits per heavy atom. The molecule has 2 unspecified atom stereocenters. The van der Waals surface area contributed by atoms with Crippen molar-refractivity contribution in [3.05, 3.63) is 11.6 Å². The first-order valence-electron chi connectivity index (χ1n) is 52.2. The molecule has 14 aliphatic rings. The van der Waals surface area contributed by atoms with Crippen molar-refractivity contribution < 1.29 is 246 Å². The molecule has 0 aromatic carbocycles. The molecule has 57 atom stereocenters. The molecule has 5 aliphatic carbocycles. The molecule has 9 heterocycles. The van der Waals surface area contributed by atoms with Gasteiger partial charge in [-0.2, -0.15) is 0 Å². The monoisotopic (exact) mass is 2150 g/mol. The highest BCUT2D eigenvalue weighted by Gasteiger charge is 2.73. The maximum Gasteiger partial charge on any atom is 0.335 e. The summed E-state index contributed by atoms with van der Waals surface area (Å²) in [4.78, 5) is 73.5. The summed E-state index contributed by atoms with van der Waals surface area (Å²) in [6.45, 7) is 19.7. The second kappa shape index (κ2) is 48.4. The van der Waals surface area contributed by atoms with E-state index in [1.165, 1.54) is 20.8 Å². The fraction of sp³-hybridized carbons (Fsp3) is 0.929. The van der Waals surface area contributed by atoms with Crippen LogP contribution in [0.2, 0.25) is 0 Å². The van der Waals surface area contributed by atoms with Crippen LogP contribution in [-0.2, 0) is 119 Å². The molecule has 9 aliphatic heterocycles. The molecule has 50 nitrogen and oxygen atoms in total. The SMILES string of the molecule is CC[C@H](C)[C@H](C[C@H](O)CC(=O)O[C@H]1[C@@H](O)[C@@H](C)O[C@@H](OC(=O)[C@]23CCC(C)(C)C[C@H]2C2=CC[C@@H]4[C@@]5(C)CC[C@H](O[C@@H]6O[C@H](C(=O)O)[C@@H](O)[C@H](O[C@@H]7OC[C@@H](O)[C@H](O)[C@H]7O)[C@H]6O[C@@H]6O[C@H](CO)[C@H](O)C(O)[C@H]6O)[C@@](C)(C=O)[C@@H]5CC[C@@]4(C)[C@]2(C)CC3)[C@@H]1O[C@@H]1O[C@@H](C)[C@H](O[C@@H]2OC[C@@H](O)[C@H](O)[C@H]2O)[C@@H](O[C@@H]2O[C@H](CO)[C@@H](O)[C@H](O)[C@H]2O)[C@H]1O)OC(=O)CC(O)C[C@H](O[C@@H]1O[C@@H](CO)[C@H](O)[C@H]1O[C@@H]1O[C@@H](C)[C@H](O)[C@@H](O)[C@H]1O)[C@@H](C)CC. The Bertz CT molecular complexity index is 4430. The lowest BCUT2D eigenvalue weighted by atomic mass is 9.33. The summed E-state index contributed by atoms with van der Waals surface area (Å²) in [7, 11) is 0. The average molecular weight is 2150 g/mol. The van der Waals surface area contributed by atoms with Crippen LogP contribution in [0.1, 0.15) is 193 Å². The van der Waals surface area contributed by atoms with Crippen LogP contribution in [0.4, 0.5) is 0 Å². The summed E-state index contributed by atoms with van der Waals surface area (Å²) >= 11 is 0. The van der Waals surface area contributed by atoms with Crippen LogP contribution >= 0.6 is 0 Å². The zero-order valence-electron chi connectivity index (χ0n) is 85.9. The number of aliphatic hydroxyl groups is 24. The van der Waals surface area contributed by atoms with Crippen LogP contribution in [-0.4, -0.2) is 479 Å². The standard InChI is InChI=1S/C99H160O50/c1-14-37(3)48(135-56(108)28-43(105)27-49(38(4)15-2)136-90-80(64(116)52(33-102)139-90)146-86-70(122)65(117)58(110)39(5)132-86)26-42(104)29-57(109)141-76-59(111)40(6)133-91(81(76)148-89-74(126)78(144-87-71(123)66(118)62(114)50(31-100)137-87)75(41(7)134-89)142-84-68(120)60(112)46(106)34-130-84)149-93(129)99-24-22-94(8,9)30-45(99)44-16-17-54-95(10)20-19-55(96(11,36-103)53(95)18-21-98(54,13)97(44,12)23-25-99)140-92-82(147-88-72(124)67(119)63(115)51(32-101)138-88)77(73(125)79(145-92)83(127)128)143-85-69(121)61(113)47(107)35-131-85/h16,36-43,45-55,58-82,84-92,100-102,104-107,110-126H,14-15,17-35H2,1-13H3,(H,127,128)/t37-,38-,39-,40+,41-,42-,43?,45-,46+,47+,48-,49-,50+,51+,52-,53+,54+,55-,58-,59-,60-,61-,62+,63-,64-,65+,66-,67?,68+,69+,70+,71+,72+,73-,74+,75-,76-,77-,78-,79-,80+,81+,82+,84-,85-,86-,87-,88-,89-,90+,91-,92+,95-,96-,97+,98+,99-/m0/s1. The molecule has 14 rings (SSSR count). The molecule has 856 valence electrons. The largest absolute Gasteiger partial charge is 0.479 e. The van der Waals surface area contributed by atoms with Gasteiger partial charge in [0.1, 0.15) is 177 Å². The molecule has 149 heavy (non-hydrogen) atoms. The first-order valence-corrected chi connectivity index (χ1v) is 52.2. The predicted molar refractivity (Wildman–Crippen MR) is 494 cm³/mol. The molecule has 0 radical (unpaired) electrons. The van der Waals surface area contributed by atoms with Crippen molar-refractivity contribution in [3.63, 3.8) is 0 Å². The maximum absolute atomic E-state index is 16.7. The van der Waals surface area contributed by atoms with Crippen molar-refractivity contribution in [1.29, 1.82) is 0 Å². The number of aliphatic carboxylic acids is 1. The fourth-order valence-electron chi connectivity index (χ4n) is 25.7. The van der Waals surface area contributed by atoms with Crippen molar-refractivity contribution in [1.82, 2.24) is 0 Å². The van der Waals surface area contributed by atoms with Crippen LogP contribution in [0.3, 0.4) is 0 Å². The molecule has 4 saturated carbocycles. The van der Waals surface area contributed by atoms with E-state index in [4.69, 9.17) is 94.7 Å². The van der Waals surface area contributed by atoms with E-state index >= 15 is 9.59 Å². The number of esters is 3. The summed E-state index contributed by atoms with van der Waals surface area (Å²) in [5.41, 5.74) is -4.56. The number of aliphatic hydroxyl groups excluding tert-OH is 24. The normalized spacial score (nSPS) is 49.2. The van der Waals surface area contributed by atoms with Gasteiger partial charge in [-0.3, -0.25) is 14.4 Å². The van der Waals surface area contributed by atoms with Crippen LogP contribution in [0.25, 0.3) is 0 Å². The highest BCUT2D eigenvalue weighted by atomic mass is 16.8. The molecule has 0 bridgehead atoms. The highest BCUT2D eigenvalue weighted by molar-refractivity contribution is 5.79. The van der Waals surface area contributed by atoms with Gasteiger partial charge in [-0.1, -0.05) is 93.7 Å². The lowest BCUT2D eigenvalue weighted by Crippen LogP contribution is -2.69. The van der Waals surface area contributed by atoms with E-state index in [1.807, 2.05) is 6.92 Å². The minimum atomic E-state index is -2.31. The van der Waals surface area contributed by atoms with Gasteiger partial charge < -0.3 is 227 Å². The zero-order chi connectivity index (χ0) is 109. The van der Waals surface area contributed by atoms with Gasteiger partial charge in [-0.15, -0.1) is 0 Å². The Labute approximate surface area is 861 Å². The number of fused-ring (bicyclic) bond motifs is 7. The van der Waals surface area contributed by atoms with Gasteiger partial charge >= 0.3 is 23.9 Å². The molecular formula is C99H160O50. The van der Waals surface area contributed by atoms with Gasteiger partial charge in [0.25, 0.3) is 0 Å². The predicted octanol–water partition coefficient (Wildman–Crippen LogP) is -6.44. The third kappa shape index (κ3) is 23.8. The lowest BCUT2D eigenvalue weighted by molar-refractivity contribution is -0.394. The van der Waals surface area contributed by atoms with Gasteiger partial charge in [0.05, 0.1) is 99.4 Å². The molecule has 0 aromatic heterocycles. The number of carbonyl (C=O) groups is 5. The number of allylic oxidation sites excluding steroid dienone is 2. The molecular weight excluding hydrogens is 1990 g/mol. The minimum Gasteiger partial charge on any atom is -0.479 e. The van der Waals surface area contributed by atoms with Gasteiger partial charge in [-0.25, -0.2) is 4.79 Å². The number of hydrogen-bond acceptors (Lipinski definition) is 49. The van der Waals surface area contributed by atoms with Crippen molar-refractivity contribution >= 4 is 30.2 Å². The van der Waals surface area contributed by atoms with E-state index in [0.717, 1.165) is 11.9 Å². The first kappa shape index (κ1) is 120. The van der Waals surface area contributed by atoms with Gasteiger partial charge in [0, 0.05) is 12.8 Å². The van der Waals surface area contributed by atoms with E-state index in [0.29, 0.717) is 57.8 Å². The quantitative estimate of drug-likeness (QED) is 0.00904. The van der Waals surface area contributed by atoms with E-state index in [-0.39, 0.29) is 31.6 Å². The Hall–Kier alpha value is -4.35. The molecule has 0 amide bonds. The minimum absolute atomic E-state index is 0.0598. The third-order valence-corrected chi connectivity index (χ3v) is 35.6. The Morgan fingerprint density at radius 2 is 0.893 bits per heavy atom. The van der Waals surface area contributed by atoms with Crippen molar-refractivity contribution in [2.75, 3.05) is 33.0 Å². The van der Waals surface area contributed by atoms with E-state index < -0.39 is 421 Å². The second-order valence-electron chi connectivity index (χ2n) is 45.6. The number of carboxylic acid groups (broad SMARTS) is 1. The van der Waals surface area contributed by atoms with Gasteiger partial charge in [-0.05, 0) is 136 Å². The van der Waals surface area contributed by atoms with E-state index in [1.54, 1.807) is 27.7 Å². The van der Waals surface area contributed by atoms with Gasteiger partial charge in [0.2, 0.25) is 6.29 Å². The molecule has 13 fully saturated rings. The summed E-state index contributed by atoms with van der Waals surface area (Å²) < 4.78 is 123. The fourth-order valence-corrected chi connectivity index (χ4v) is 25.7. The van der Waals surface area contributed by atoms with Crippen molar-refractivity contribution in [2.45, 2.75) is 481 Å². The first-order chi connectivity index (χ1) is 70.0. The summed E-state index contributed by atoms with van der Waals surface area (Å²) in [5.74, 6) is -7.17. The zero-order valence-corrected chi connectivity index (χ0v) is 85.9. The number of rotatable bonds is 37. The smallest absolute Gasteiger partial charge is 0.335 e. The van der Waals surface area contributed by atoms with Crippen LogP contribution in [0.15, 0.2) is 11.6 Å². The molecule has 25 N–H and O–H groups in total. The summed E-state index contributed by atoms with van der Waals surface area (Å²) in [6, 6.07) is 0. The summed E-state index contributed by atoms with van der Waals surface area (Å²) in [5, 5.41) is 277. The Kier molecular flexibility index (Phi) is 39.0. The van der Waals surface area contributed by atoms with Crippen molar-refractivity contribution in [3.8, 4) is 0 Å². The third-order valence-electron chi connectivity index (χ3n) is 35.6. The van der Waals surface area contributed by atoms with Crippen molar-refractivity contribution in [2.24, 2.45) is 62.1 Å². The topological polar surface area (TPSA) is 776 Å². The maximum atomic E-state index is 16.7. The molecule has 0 aromatic rings. The average Bonchev–Trinajstić information content (AvgIpc) is 1.10. The number of carbonyl (C=O) groups excluding carboxylic acids is 4. The Balaban J connectivity index is 0.732. The van der Waals surface area contributed by atoms with Gasteiger partial charge in [0.15, 0.2) is 68.6 Å². The Morgan fingerprint density at radius 1 is 0.430 bits per heavy atom. The van der Waals surface area contributed by atoms with E-state index in [2.05, 4.69) is 40.7 Å². The lowest BCUT2D eigenvalue weighted by Gasteiger charge is -2.71. The van der Waals surface area contributed by atoms with Crippen LogP contribution in [0.5, 0.6) is 0 Å². The second-order valence-corrected chi connectivity index (χ2v) is 45.6. The number of hydrogen-bond donors (Lipinski definition) is 25. The number of aldehydes is 1. The summed E-state index contributed by atoms with van der Waals surface area (Å²) in [6.07, 6.45) is -79.9. The van der Waals surface area contributed by atoms with Crippen LogP contribution < -0.4 is 0 Å². The van der Waals surface area contributed by atoms with E-state index in [9.17, 15) is 142 Å². The highest BCUT2D eigenvalue weighted by Crippen LogP contribution is 2.76. The molecule has 9 saturated heterocycles. The molecule has 50 heteroatoms. The number of carboxylic acids is 1. The van der Waals surface area contributed by atoms with Crippen LogP contribution in [0, 0.1) is 62.1 Å².